The Hall–Kier alpha value is 0.190. The maximum Gasteiger partial charge on any atom is 0.240 e. The van der Waals surface area contributed by atoms with Gasteiger partial charge in [-0.1, -0.05) is 18.0 Å². The molecular weight excluding hydrogens is 385 g/mol. The number of alkyl halides is 1. The Kier molecular flexibility index (Phi) is 5.77. The highest BCUT2D eigenvalue weighted by Crippen LogP contribution is 2.32. The maximum atomic E-state index is 12.2. The normalized spacial score (nSPS) is 23.1. The lowest BCUT2D eigenvalue weighted by Crippen LogP contribution is -2.31. The van der Waals surface area contributed by atoms with Crippen LogP contribution in [-0.2, 0) is 10.0 Å². The minimum atomic E-state index is -3.50. The number of nitrogens with one attached hydrogen (secondary N) is 1. The van der Waals surface area contributed by atoms with Crippen LogP contribution in [0.2, 0.25) is 5.02 Å². The molecule has 1 aromatic rings. The molecule has 0 spiro atoms. The number of sulfonamides is 1. The topological polar surface area (TPSA) is 46.2 Å². The summed E-state index contributed by atoms with van der Waals surface area (Å²) in [5.41, 5.74) is 0. The van der Waals surface area contributed by atoms with Crippen molar-refractivity contribution >= 4 is 49.2 Å². The first kappa shape index (κ1) is 16.6. The number of benzene rings is 1. The zero-order chi connectivity index (χ0) is 14.8. The number of rotatable bonds is 5. The quantitative estimate of drug-likeness (QED) is 0.758. The summed E-state index contributed by atoms with van der Waals surface area (Å²) in [5.74, 6) is 1.34. The van der Waals surface area contributed by atoms with E-state index in [1.165, 1.54) is 12.1 Å². The van der Waals surface area contributed by atoms with Gasteiger partial charge >= 0.3 is 0 Å². The Morgan fingerprint density at radius 3 is 2.65 bits per heavy atom. The lowest BCUT2D eigenvalue weighted by atomic mass is 9.98. The van der Waals surface area contributed by atoms with Crippen LogP contribution in [-0.4, -0.2) is 20.8 Å². The van der Waals surface area contributed by atoms with Gasteiger partial charge in [0.25, 0.3) is 0 Å². The molecule has 1 aliphatic rings. The maximum absolute atomic E-state index is 12.2. The predicted molar refractivity (Wildman–Crippen MR) is 85.9 cm³/mol. The summed E-state index contributed by atoms with van der Waals surface area (Å²) in [6.45, 7) is 0.444. The molecule has 0 heterocycles. The third-order valence-electron chi connectivity index (χ3n) is 3.75. The minimum Gasteiger partial charge on any atom is -0.211 e. The highest BCUT2D eigenvalue weighted by Gasteiger charge is 2.28. The van der Waals surface area contributed by atoms with E-state index in [2.05, 4.69) is 20.7 Å². The number of hydrogen-bond donors (Lipinski definition) is 1. The highest BCUT2D eigenvalue weighted by atomic mass is 79.9. The SMILES string of the molecule is O=S(=O)(NCC1CCCC1CCl)c1ccc(Cl)c(Br)c1. The first-order valence-corrected chi connectivity index (χ1v) is 9.63. The minimum absolute atomic E-state index is 0.217. The molecule has 0 radical (unpaired) electrons. The van der Waals surface area contributed by atoms with Gasteiger partial charge in [-0.15, -0.1) is 11.6 Å². The lowest BCUT2D eigenvalue weighted by molar-refractivity contribution is 0.418. The van der Waals surface area contributed by atoms with Gasteiger partial charge in [-0.3, -0.25) is 0 Å². The van der Waals surface area contributed by atoms with E-state index in [1.54, 1.807) is 6.07 Å². The summed E-state index contributed by atoms with van der Waals surface area (Å²) in [4.78, 5) is 0.217. The second-order valence-corrected chi connectivity index (χ2v) is 8.37. The van der Waals surface area contributed by atoms with Crippen LogP contribution in [0, 0.1) is 11.8 Å². The van der Waals surface area contributed by atoms with E-state index in [-0.39, 0.29) is 4.90 Å². The molecule has 3 nitrogen and oxygen atoms in total. The first-order chi connectivity index (χ1) is 9.44. The Morgan fingerprint density at radius 2 is 2.00 bits per heavy atom. The molecule has 0 aromatic heterocycles. The molecule has 0 amide bonds. The molecular formula is C13H16BrCl2NO2S. The number of halogens is 3. The van der Waals surface area contributed by atoms with Gasteiger partial charge in [0, 0.05) is 16.9 Å². The molecule has 2 atom stereocenters. The highest BCUT2D eigenvalue weighted by molar-refractivity contribution is 9.10. The molecule has 0 saturated heterocycles. The van der Waals surface area contributed by atoms with Gasteiger partial charge in [0.05, 0.1) is 9.92 Å². The van der Waals surface area contributed by atoms with E-state index >= 15 is 0 Å². The zero-order valence-electron chi connectivity index (χ0n) is 10.8. The molecule has 2 unspecified atom stereocenters. The third-order valence-corrected chi connectivity index (χ3v) is 6.78. The second-order valence-electron chi connectivity index (χ2n) is 5.03. The van der Waals surface area contributed by atoms with Crippen molar-refractivity contribution in [1.29, 1.82) is 0 Å². The van der Waals surface area contributed by atoms with Gasteiger partial charge in [0.1, 0.15) is 0 Å². The van der Waals surface area contributed by atoms with E-state index in [9.17, 15) is 8.42 Å². The molecule has 0 bridgehead atoms. The van der Waals surface area contributed by atoms with Gasteiger partial charge in [-0.2, -0.15) is 0 Å². The fourth-order valence-electron chi connectivity index (χ4n) is 2.53. The van der Waals surface area contributed by atoms with Gasteiger partial charge < -0.3 is 0 Å². The van der Waals surface area contributed by atoms with Crippen LogP contribution in [0.25, 0.3) is 0 Å². The molecule has 7 heteroatoms. The van der Waals surface area contributed by atoms with Crippen LogP contribution >= 0.6 is 39.1 Å². The van der Waals surface area contributed by atoms with Gasteiger partial charge in [0.15, 0.2) is 0 Å². The van der Waals surface area contributed by atoms with Crippen molar-refractivity contribution in [2.75, 3.05) is 12.4 Å². The van der Waals surface area contributed by atoms with Crippen molar-refractivity contribution in [2.45, 2.75) is 24.2 Å². The van der Waals surface area contributed by atoms with E-state index < -0.39 is 10.0 Å². The fraction of sp³-hybridized carbons (Fsp3) is 0.538. The largest absolute Gasteiger partial charge is 0.240 e. The van der Waals surface area contributed by atoms with Crippen LogP contribution in [0.5, 0.6) is 0 Å². The average Bonchev–Trinajstić information content (AvgIpc) is 2.87. The molecule has 1 aliphatic carbocycles. The van der Waals surface area contributed by atoms with Crippen LogP contribution in [0.15, 0.2) is 27.6 Å². The average molecular weight is 401 g/mol. The zero-order valence-corrected chi connectivity index (χ0v) is 14.7. The Morgan fingerprint density at radius 1 is 1.30 bits per heavy atom. The van der Waals surface area contributed by atoms with Crippen molar-refractivity contribution in [1.82, 2.24) is 4.72 Å². The lowest BCUT2D eigenvalue weighted by Gasteiger charge is -2.17. The molecule has 1 N–H and O–H groups in total. The van der Waals surface area contributed by atoms with Crippen molar-refractivity contribution in [3.8, 4) is 0 Å². The van der Waals surface area contributed by atoms with Crippen molar-refractivity contribution in [3.05, 3.63) is 27.7 Å². The molecule has 0 aliphatic heterocycles. The monoisotopic (exact) mass is 399 g/mol. The van der Waals surface area contributed by atoms with E-state index in [4.69, 9.17) is 23.2 Å². The predicted octanol–water partition coefficient (Wildman–Crippen LogP) is 4.04. The van der Waals surface area contributed by atoms with Crippen LogP contribution in [0.1, 0.15) is 19.3 Å². The van der Waals surface area contributed by atoms with Crippen LogP contribution < -0.4 is 4.72 Å². The smallest absolute Gasteiger partial charge is 0.211 e. The molecule has 2 rings (SSSR count). The summed E-state index contributed by atoms with van der Waals surface area (Å²) in [7, 11) is -3.50. The molecule has 1 saturated carbocycles. The van der Waals surface area contributed by atoms with Gasteiger partial charge in [0.2, 0.25) is 10.0 Å². The third kappa shape index (κ3) is 3.89. The van der Waals surface area contributed by atoms with E-state index in [0.717, 1.165) is 19.3 Å². The summed E-state index contributed by atoms with van der Waals surface area (Å²) in [6, 6.07) is 4.58. The summed E-state index contributed by atoms with van der Waals surface area (Å²) in [5, 5.41) is 0.488. The summed E-state index contributed by atoms with van der Waals surface area (Å²) < 4.78 is 27.7. The van der Waals surface area contributed by atoms with E-state index in [0.29, 0.717) is 33.8 Å². The second kappa shape index (κ2) is 6.97. The van der Waals surface area contributed by atoms with Gasteiger partial charge in [-0.05, 0) is 58.8 Å². The molecule has 20 heavy (non-hydrogen) atoms. The van der Waals surface area contributed by atoms with Crippen molar-refractivity contribution in [3.63, 3.8) is 0 Å². The standard InChI is InChI=1S/C13H16BrCl2NO2S/c14-12-6-11(4-5-13(12)16)20(18,19)17-8-10-3-1-2-9(10)7-15/h4-6,9-10,17H,1-3,7-8H2. The van der Waals surface area contributed by atoms with Crippen LogP contribution in [0.3, 0.4) is 0 Å². The Balaban J connectivity index is 2.05. The number of hydrogen-bond acceptors (Lipinski definition) is 2. The summed E-state index contributed by atoms with van der Waals surface area (Å²) in [6.07, 6.45) is 3.24. The van der Waals surface area contributed by atoms with E-state index in [1.807, 2.05) is 0 Å². The molecule has 1 aromatic carbocycles. The van der Waals surface area contributed by atoms with Crippen LogP contribution in [0.4, 0.5) is 0 Å². The van der Waals surface area contributed by atoms with Crippen molar-refractivity contribution < 1.29 is 8.42 Å². The Labute approximate surface area is 138 Å². The first-order valence-electron chi connectivity index (χ1n) is 6.44. The van der Waals surface area contributed by atoms with Gasteiger partial charge in [-0.25, -0.2) is 13.1 Å². The van der Waals surface area contributed by atoms with Crippen molar-refractivity contribution in [2.24, 2.45) is 11.8 Å². The molecule has 112 valence electrons. The Bertz CT molecular complexity index is 580. The molecule has 1 fully saturated rings. The fourth-order valence-corrected chi connectivity index (χ4v) is 4.70. The summed E-state index contributed by atoms with van der Waals surface area (Å²) >= 11 is 15.0.